The highest BCUT2D eigenvalue weighted by Crippen LogP contribution is 2.22. The Labute approximate surface area is 171 Å². The van der Waals surface area contributed by atoms with Gasteiger partial charge < -0.3 is 15.0 Å². The van der Waals surface area contributed by atoms with E-state index in [1.165, 1.54) is 6.42 Å². The normalized spacial score (nSPS) is 14.0. The van der Waals surface area contributed by atoms with Crippen molar-refractivity contribution in [1.82, 2.24) is 9.88 Å². The Bertz CT molecular complexity index is 979. The second kappa shape index (κ2) is 8.95. The molecule has 4 rings (SSSR count). The Balaban J connectivity index is 1.33. The van der Waals surface area contributed by atoms with Crippen LogP contribution in [0.25, 0.3) is 10.9 Å². The molecule has 2 aromatic carbocycles. The van der Waals surface area contributed by atoms with Crippen molar-refractivity contribution in [2.75, 3.05) is 25.0 Å². The number of hydrogen-bond acceptors (Lipinski definition) is 4. The number of rotatable bonds is 6. The van der Waals surface area contributed by atoms with Crippen molar-refractivity contribution in [1.29, 1.82) is 0 Å². The highest BCUT2D eigenvalue weighted by Gasteiger charge is 2.15. The Morgan fingerprint density at radius 2 is 1.83 bits per heavy atom. The molecule has 5 heteroatoms. The van der Waals surface area contributed by atoms with Crippen molar-refractivity contribution in [3.05, 3.63) is 65.9 Å². The molecule has 1 saturated heterocycles. The van der Waals surface area contributed by atoms with Crippen LogP contribution in [-0.4, -0.2) is 35.4 Å². The molecule has 0 radical (unpaired) electrons. The number of ether oxygens (including phenoxy) is 1. The fourth-order valence-electron chi connectivity index (χ4n) is 3.78. The lowest BCUT2D eigenvalue weighted by Gasteiger charge is -2.26. The zero-order valence-corrected chi connectivity index (χ0v) is 16.9. The van der Waals surface area contributed by atoms with Crippen LogP contribution in [0.15, 0.2) is 54.6 Å². The molecule has 1 fully saturated rings. The molecule has 1 aromatic heterocycles. The van der Waals surface area contributed by atoms with Crippen LogP contribution in [0.2, 0.25) is 0 Å². The average molecular weight is 389 g/mol. The fraction of sp³-hybridized carbons (Fsp3) is 0.333. The van der Waals surface area contributed by atoms with Crippen LogP contribution in [0.1, 0.15) is 30.5 Å². The molecule has 1 N–H and O–H groups in total. The van der Waals surface area contributed by atoms with Gasteiger partial charge in [0.1, 0.15) is 12.4 Å². The summed E-state index contributed by atoms with van der Waals surface area (Å²) < 4.78 is 6.00. The molecule has 5 nitrogen and oxygen atoms in total. The first-order valence-corrected chi connectivity index (χ1v) is 10.3. The number of nitrogens with zero attached hydrogens (tertiary/aromatic N) is 2. The van der Waals surface area contributed by atoms with Gasteiger partial charge in [-0.05, 0) is 62.6 Å². The maximum absolute atomic E-state index is 12.3. The number of benzene rings is 2. The minimum absolute atomic E-state index is 0.171. The van der Waals surface area contributed by atoms with Crippen molar-refractivity contribution in [2.24, 2.45) is 0 Å². The number of amides is 1. The first kappa shape index (κ1) is 19.2. The highest BCUT2D eigenvalue weighted by molar-refractivity contribution is 5.82. The fourth-order valence-corrected chi connectivity index (χ4v) is 3.78. The number of piperidine rings is 1. The van der Waals surface area contributed by atoms with Crippen LogP contribution < -0.4 is 10.1 Å². The predicted molar refractivity (Wildman–Crippen MR) is 116 cm³/mol. The molecular weight excluding hydrogens is 362 g/mol. The number of fused-ring (bicyclic) bond motifs is 1. The maximum atomic E-state index is 12.3. The summed E-state index contributed by atoms with van der Waals surface area (Å²) in [6.07, 6.45) is 3.46. The molecule has 0 bridgehead atoms. The number of hydrogen-bond donors (Lipinski definition) is 1. The molecule has 150 valence electrons. The van der Waals surface area contributed by atoms with Gasteiger partial charge in [0.25, 0.3) is 0 Å². The summed E-state index contributed by atoms with van der Waals surface area (Å²) in [5.74, 6) is 0.974. The minimum atomic E-state index is 0.171. The van der Waals surface area contributed by atoms with Crippen molar-refractivity contribution in [3.63, 3.8) is 0 Å². The van der Waals surface area contributed by atoms with Crippen LogP contribution in [0.3, 0.4) is 0 Å². The first-order chi connectivity index (χ1) is 14.2. The Hall–Kier alpha value is -3.08. The third-order valence-corrected chi connectivity index (χ3v) is 5.33. The number of para-hydroxylation sites is 1. The van der Waals surface area contributed by atoms with E-state index in [1.807, 2.05) is 54.3 Å². The quantitative estimate of drug-likeness (QED) is 0.672. The van der Waals surface area contributed by atoms with Gasteiger partial charge in [0.2, 0.25) is 5.91 Å². The van der Waals surface area contributed by atoms with Gasteiger partial charge in [-0.25, -0.2) is 0 Å². The third kappa shape index (κ3) is 4.86. The lowest BCUT2D eigenvalue weighted by molar-refractivity contribution is -0.130. The van der Waals surface area contributed by atoms with E-state index in [1.54, 1.807) is 0 Å². The molecule has 2 heterocycles. The zero-order chi connectivity index (χ0) is 20.1. The van der Waals surface area contributed by atoms with Crippen molar-refractivity contribution < 1.29 is 9.53 Å². The summed E-state index contributed by atoms with van der Waals surface area (Å²) >= 11 is 0. The Morgan fingerprint density at radius 3 is 2.62 bits per heavy atom. The van der Waals surface area contributed by atoms with E-state index in [0.29, 0.717) is 13.2 Å². The second-order valence-electron chi connectivity index (χ2n) is 7.55. The topological polar surface area (TPSA) is 54.5 Å². The number of aryl methyl sites for hydroxylation is 1. The van der Waals surface area contributed by atoms with Crippen molar-refractivity contribution >= 4 is 22.5 Å². The zero-order valence-electron chi connectivity index (χ0n) is 16.9. The summed E-state index contributed by atoms with van der Waals surface area (Å²) in [6, 6.07) is 18.0. The maximum Gasteiger partial charge on any atom is 0.241 e. The largest absolute Gasteiger partial charge is 0.489 e. The summed E-state index contributed by atoms with van der Waals surface area (Å²) in [5.41, 5.74) is 4.03. The second-order valence-corrected chi connectivity index (χ2v) is 7.55. The van der Waals surface area contributed by atoms with Gasteiger partial charge in [-0.15, -0.1) is 0 Å². The van der Waals surface area contributed by atoms with Gasteiger partial charge in [-0.1, -0.05) is 18.2 Å². The lowest BCUT2D eigenvalue weighted by Crippen LogP contribution is -2.39. The van der Waals surface area contributed by atoms with Crippen LogP contribution >= 0.6 is 0 Å². The summed E-state index contributed by atoms with van der Waals surface area (Å²) in [6.45, 7) is 4.60. The lowest BCUT2D eigenvalue weighted by atomic mass is 10.1. The predicted octanol–water partition coefficient (Wildman–Crippen LogP) is 4.55. The number of carbonyl (C=O) groups excluding carboxylic acids is 1. The molecule has 29 heavy (non-hydrogen) atoms. The van der Waals surface area contributed by atoms with Gasteiger partial charge in [0, 0.05) is 35.4 Å². The minimum Gasteiger partial charge on any atom is -0.489 e. The molecule has 0 spiro atoms. The number of aromatic nitrogens is 1. The first-order valence-electron chi connectivity index (χ1n) is 10.3. The van der Waals surface area contributed by atoms with Crippen LogP contribution in [0, 0.1) is 6.92 Å². The molecule has 1 amide bonds. The molecule has 0 saturated carbocycles. The van der Waals surface area contributed by atoms with Crippen LogP contribution in [-0.2, 0) is 11.4 Å². The molecule has 3 aromatic rings. The Morgan fingerprint density at radius 1 is 1.07 bits per heavy atom. The van der Waals surface area contributed by atoms with E-state index in [0.717, 1.165) is 59.5 Å². The Kier molecular flexibility index (Phi) is 5.94. The van der Waals surface area contributed by atoms with Gasteiger partial charge in [-0.3, -0.25) is 9.78 Å². The number of carbonyl (C=O) groups is 1. The van der Waals surface area contributed by atoms with Gasteiger partial charge in [-0.2, -0.15) is 0 Å². The number of nitrogens with one attached hydrogen (secondary N) is 1. The number of pyridine rings is 1. The van der Waals surface area contributed by atoms with Gasteiger partial charge >= 0.3 is 0 Å². The summed E-state index contributed by atoms with van der Waals surface area (Å²) in [7, 11) is 0. The molecular formula is C24H27N3O2. The summed E-state index contributed by atoms with van der Waals surface area (Å²) in [4.78, 5) is 18.8. The number of anilines is 1. The van der Waals surface area contributed by atoms with Gasteiger partial charge in [0.15, 0.2) is 0 Å². The molecule has 1 aliphatic rings. The van der Waals surface area contributed by atoms with E-state index in [4.69, 9.17) is 4.74 Å². The van der Waals surface area contributed by atoms with Crippen LogP contribution in [0.4, 0.5) is 5.69 Å². The number of likely N-dealkylation sites (tertiary alicyclic amines) is 1. The van der Waals surface area contributed by atoms with E-state index >= 15 is 0 Å². The highest BCUT2D eigenvalue weighted by atomic mass is 16.5. The van der Waals surface area contributed by atoms with Crippen LogP contribution in [0.5, 0.6) is 5.75 Å². The molecule has 1 aliphatic heterocycles. The molecule has 0 unspecified atom stereocenters. The van der Waals surface area contributed by atoms with E-state index in [-0.39, 0.29) is 5.91 Å². The van der Waals surface area contributed by atoms with Gasteiger partial charge in [0.05, 0.1) is 12.1 Å². The standard InChI is InChI=1S/C24H27N3O2/c1-18-15-19(22-7-3-4-8-23(22)26-18)17-29-21-11-9-20(10-12-21)25-16-24(28)27-13-5-2-6-14-27/h3-4,7-12,15,25H,2,5-6,13-14,16-17H2,1H3. The SMILES string of the molecule is Cc1cc(COc2ccc(NCC(=O)N3CCCCC3)cc2)c2ccccc2n1. The van der Waals surface area contributed by atoms with Crippen molar-refractivity contribution in [2.45, 2.75) is 32.8 Å². The third-order valence-electron chi connectivity index (χ3n) is 5.33. The van der Waals surface area contributed by atoms with E-state index in [2.05, 4.69) is 22.4 Å². The average Bonchev–Trinajstić information content (AvgIpc) is 2.77. The molecule has 0 aliphatic carbocycles. The monoisotopic (exact) mass is 389 g/mol. The van der Waals surface area contributed by atoms with E-state index in [9.17, 15) is 4.79 Å². The molecule has 0 atom stereocenters. The van der Waals surface area contributed by atoms with E-state index < -0.39 is 0 Å². The smallest absolute Gasteiger partial charge is 0.241 e. The van der Waals surface area contributed by atoms with Crippen molar-refractivity contribution in [3.8, 4) is 5.75 Å². The summed E-state index contributed by atoms with van der Waals surface area (Å²) in [5, 5.41) is 4.34.